The summed E-state index contributed by atoms with van der Waals surface area (Å²) in [5.41, 5.74) is 5.86. The number of methoxy groups -OCH3 is 1. The number of para-hydroxylation sites is 1. The lowest BCUT2D eigenvalue weighted by Gasteiger charge is -2.12. The minimum Gasteiger partial charge on any atom is -0.496 e. The van der Waals surface area contributed by atoms with E-state index in [1.165, 1.54) is 6.07 Å². The van der Waals surface area contributed by atoms with Crippen molar-refractivity contribution < 1.29 is 14.4 Å². The van der Waals surface area contributed by atoms with Crippen LogP contribution in [0.3, 0.4) is 0 Å². The summed E-state index contributed by atoms with van der Waals surface area (Å²) in [4.78, 5) is 10.6. The molecule has 0 bridgehead atoms. The number of benzene rings is 3. The van der Waals surface area contributed by atoms with Crippen molar-refractivity contribution in [3.05, 3.63) is 93.5 Å². The maximum Gasteiger partial charge on any atom is 0.272 e. The predicted octanol–water partition coefficient (Wildman–Crippen LogP) is 4.81. The van der Waals surface area contributed by atoms with Crippen LogP contribution >= 0.6 is 12.2 Å². The molecule has 8 nitrogen and oxygen atoms in total. The number of thiocarbonyl (C=S) groups is 1. The van der Waals surface area contributed by atoms with E-state index in [1.807, 2.05) is 48.5 Å². The average Bonchev–Trinajstić information content (AvgIpc) is 2.78. The lowest BCUT2D eigenvalue weighted by Crippen LogP contribution is -2.23. The minimum absolute atomic E-state index is 0.0558. The molecule has 0 fully saturated rings. The van der Waals surface area contributed by atoms with E-state index in [9.17, 15) is 10.1 Å². The Bertz CT molecular complexity index is 1140. The third-order valence-corrected chi connectivity index (χ3v) is 4.67. The molecule has 3 rings (SSSR count). The largest absolute Gasteiger partial charge is 0.496 e. The second-order valence-corrected chi connectivity index (χ2v) is 7.16. The van der Waals surface area contributed by atoms with Gasteiger partial charge in [0.1, 0.15) is 18.1 Å². The van der Waals surface area contributed by atoms with Gasteiger partial charge in [-0.3, -0.25) is 15.5 Å². The van der Waals surface area contributed by atoms with Crippen LogP contribution in [0.25, 0.3) is 0 Å². The van der Waals surface area contributed by atoms with Gasteiger partial charge in [-0.15, -0.1) is 0 Å². The second kappa shape index (κ2) is 10.9. The van der Waals surface area contributed by atoms with Crippen molar-refractivity contribution in [1.82, 2.24) is 5.43 Å². The van der Waals surface area contributed by atoms with Crippen LogP contribution in [0.5, 0.6) is 11.5 Å². The summed E-state index contributed by atoms with van der Waals surface area (Å²) < 4.78 is 11.2. The molecule has 0 aromatic heterocycles. The number of nitro groups is 1. The van der Waals surface area contributed by atoms with Gasteiger partial charge in [0.15, 0.2) is 5.11 Å². The smallest absolute Gasteiger partial charge is 0.272 e. The number of rotatable bonds is 8. The van der Waals surface area contributed by atoms with Gasteiger partial charge in [0.05, 0.1) is 18.2 Å². The van der Waals surface area contributed by atoms with Gasteiger partial charge in [-0.1, -0.05) is 18.2 Å². The van der Waals surface area contributed by atoms with E-state index >= 15 is 0 Å². The molecule has 3 aromatic carbocycles. The van der Waals surface area contributed by atoms with E-state index in [0.29, 0.717) is 22.2 Å². The molecule has 0 saturated heterocycles. The van der Waals surface area contributed by atoms with Crippen LogP contribution in [0, 0.1) is 17.0 Å². The summed E-state index contributed by atoms with van der Waals surface area (Å²) in [5, 5.41) is 18.5. The van der Waals surface area contributed by atoms with Crippen molar-refractivity contribution in [3.8, 4) is 11.5 Å². The minimum atomic E-state index is -0.417. The Kier molecular flexibility index (Phi) is 7.71. The Balaban J connectivity index is 1.63. The Labute approximate surface area is 191 Å². The first-order valence-corrected chi connectivity index (χ1v) is 10.1. The molecule has 0 heterocycles. The van der Waals surface area contributed by atoms with Crippen LogP contribution in [0.4, 0.5) is 11.4 Å². The lowest BCUT2D eigenvalue weighted by atomic mass is 10.1. The van der Waals surface area contributed by atoms with Crippen LogP contribution < -0.4 is 20.2 Å². The van der Waals surface area contributed by atoms with Gasteiger partial charge in [-0.2, -0.15) is 5.10 Å². The molecule has 0 amide bonds. The summed E-state index contributed by atoms with van der Waals surface area (Å²) in [7, 11) is 1.58. The highest BCUT2D eigenvalue weighted by Gasteiger charge is 2.11. The van der Waals surface area contributed by atoms with Crippen LogP contribution in [0.2, 0.25) is 0 Å². The van der Waals surface area contributed by atoms with Gasteiger partial charge in [0.2, 0.25) is 0 Å². The number of hydrazone groups is 1. The van der Waals surface area contributed by atoms with E-state index in [-0.39, 0.29) is 12.3 Å². The van der Waals surface area contributed by atoms with Crippen molar-refractivity contribution in [1.29, 1.82) is 0 Å². The monoisotopic (exact) mass is 450 g/mol. The molecule has 3 aromatic rings. The number of anilines is 1. The number of nitro benzene ring substituents is 1. The number of hydrogen-bond donors (Lipinski definition) is 2. The van der Waals surface area contributed by atoms with Crippen molar-refractivity contribution in [2.45, 2.75) is 13.5 Å². The Hall–Kier alpha value is -3.98. The Morgan fingerprint density at radius 3 is 2.62 bits per heavy atom. The van der Waals surface area contributed by atoms with Crippen molar-refractivity contribution in [2.24, 2.45) is 5.10 Å². The summed E-state index contributed by atoms with van der Waals surface area (Å²) >= 11 is 5.23. The highest BCUT2D eigenvalue weighted by atomic mass is 32.1. The number of ether oxygens (including phenoxy) is 2. The highest BCUT2D eigenvalue weighted by molar-refractivity contribution is 7.80. The lowest BCUT2D eigenvalue weighted by molar-refractivity contribution is -0.385. The van der Waals surface area contributed by atoms with Crippen molar-refractivity contribution in [2.75, 3.05) is 12.4 Å². The third kappa shape index (κ3) is 6.26. The molecule has 0 aliphatic rings. The van der Waals surface area contributed by atoms with E-state index in [1.54, 1.807) is 32.4 Å². The maximum absolute atomic E-state index is 11.0. The molecule has 2 N–H and O–H groups in total. The van der Waals surface area contributed by atoms with E-state index in [4.69, 9.17) is 21.7 Å². The third-order valence-electron chi connectivity index (χ3n) is 4.48. The summed E-state index contributed by atoms with van der Waals surface area (Å²) in [6, 6.07) is 19.8. The van der Waals surface area contributed by atoms with E-state index < -0.39 is 4.92 Å². The molecule has 0 atom stereocenters. The van der Waals surface area contributed by atoms with Gasteiger partial charge < -0.3 is 14.8 Å². The molecular formula is C23H22N4O4S. The fourth-order valence-corrected chi connectivity index (χ4v) is 3.09. The molecule has 32 heavy (non-hydrogen) atoms. The fraction of sp³-hybridized carbons (Fsp3) is 0.130. The summed E-state index contributed by atoms with van der Waals surface area (Å²) in [5.74, 6) is 1.20. The van der Waals surface area contributed by atoms with Gasteiger partial charge in [-0.05, 0) is 67.2 Å². The molecule has 0 aliphatic carbocycles. The van der Waals surface area contributed by atoms with Crippen molar-refractivity contribution in [3.63, 3.8) is 0 Å². The van der Waals surface area contributed by atoms with Gasteiger partial charge in [0, 0.05) is 22.9 Å². The quantitative estimate of drug-likeness (QED) is 0.220. The zero-order valence-electron chi connectivity index (χ0n) is 17.6. The molecule has 0 unspecified atom stereocenters. The van der Waals surface area contributed by atoms with Crippen LogP contribution in [-0.2, 0) is 6.61 Å². The first kappa shape index (κ1) is 22.7. The molecule has 0 aliphatic heterocycles. The zero-order valence-corrected chi connectivity index (χ0v) is 18.4. The average molecular weight is 451 g/mol. The Morgan fingerprint density at radius 2 is 1.94 bits per heavy atom. The van der Waals surface area contributed by atoms with Gasteiger partial charge >= 0.3 is 0 Å². The fourth-order valence-electron chi connectivity index (χ4n) is 2.92. The molecule has 0 radical (unpaired) electrons. The first-order valence-electron chi connectivity index (χ1n) is 9.66. The van der Waals surface area contributed by atoms with Crippen LogP contribution in [0.1, 0.15) is 16.7 Å². The molecule has 0 saturated carbocycles. The standard InChI is InChI=1S/C23H22N4O4S/c1-16-12-20(9-10-21(16)27(28)29)31-15-18-13-17(8-11-22(18)30-2)14-24-26-23(32)25-19-6-4-3-5-7-19/h3-14H,15H2,1-2H3,(H2,25,26,32)/b24-14+. The zero-order chi connectivity index (χ0) is 22.9. The summed E-state index contributed by atoms with van der Waals surface area (Å²) in [6.07, 6.45) is 1.64. The van der Waals surface area contributed by atoms with Gasteiger partial charge in [0.25, 0.3) is 5.69 Å². The number of nitrogens with zero attached hydrogens (tertiary/aromatic N) is 2. The van der Waals surface area contributed by atoms with Gasteiger partial charge in [-0.25, -0.2) is 0 Å². The normalized spacial score (nSPS) is 10.6. The number of hydrogen-bond acceptors (Lipinski definition) is 6. The topological polar surface area (TPSA) is 98.0 Å². The Morgan fingerprint density at radius 1 is 1.16 bits per heavy atom. The number of aryl methyl sites for hydroxylation is 1. The molecule has 0 spiro atoms. The van der Waals surface area contributed by atoms with Crippen LogP contribution in [0.15, 0.2) is 71.8 Å². The molecule has 164 valence electrons. The van der Waals surface area contributed by atoms with Crippen molar-refractivity contribution >= 4 is 34.9 Å². The van der Waals surface area contributed by atoms with E-state index in [0.717, 1.165) is 16.8 Å². The first-order chi connectivity index (χ1) is 15.5. The molecular weight excluding hydrogens is 428 g/mol. The maximum atomic E-state index is 11.0. The second-order valence-electron chi connectivity index (χ2n) is 6.76. The van der Waals surface area contributed by atoms with E-state index in [2.05, 4.69) is 15.8 Å². The highest BCUT2D eigenvalue weighted by Crippen LogP contribution is 2.25. The number of nitrogens with one attached hydrogen (secondary N) is 2. The predicted molar refractivity (Wildman–Crippen MR) is 129 cm³/mol. The SMILES string of the molecule is COc1ccc(/C=N/NC(=S)Nc2ccccc2)cc1COc1ccc([N+](=O)[O-])c(C)c1. The van der Waals surface area contributed by atoms with Crippen LogP contribution in [-0.4, -0.2) is 23.4 Å². The molecule has 9 heteroatoms. The summed E-state index contributed by atoms with van der Waals surface area (Å²) in [6.45, 7) is 1.90.